The Morgan fingerprint density at radius 3 is 2.47 bits per heavy atom. The van der Waals surface area contributed by atoms with Crippen molar-refractivity contribution in [3.63, 3.8) is 0 Å². The van der Waals surface area contributed by atoms with E-state index in [1.165, 1.54) is 16.9 Å². The van der Waals surface area contributed by atoms with Crippen molar-refractivity contribution in [2.75, 3.05) is 6.61 Å². The Morgan fingerprint density at radius 2 is 1.84 bits per heavy atom. The Labute approximate surface area is 191 Å². The van der Waals surface area contributed by atoms with Gasteiger partial charge >= 0.3 is 5.97 Å². The predicted octanol–water partition coefficient (Wildman–Crippen LogP) is 3.92. The maximum absolute atomic E-state index is 13.5. The summed E-state index contributed by atoms with van der Waals surface area (Å²) in [6.07, 6.45) is 1.87. The Morgan fingerprint density at radius 1 is 1.16 bits per heavy atom. The zero-order chi connectivity index (χ0) is 22.8. The van der Waals surface area contributed by atoms with Crippen LogP contribution in [0.5, 0.6) is 0 Å². The fraction of sp³-hybridized carbons (Fsp3) is 0.269. The van der Waals surface area contributed by atoms with Crippen LogP contribution in [0.3, 0.4) is 0 Å². The molecule has 0 aliphatic carbocycles. The van der Waals surface area contributed by atoms with Crippen LogP contribution in [-0.4, -0.2) is 17.1 Å². The molecule has 2 heterocycles. The van der Waals surface area contributed by atoms with E-state index in [0.29, 0.717) is 26.5 Å². The van der Waals surface area contributed by atoms with Crippen LogP contribution < -0.4 is 14.9 Å². The molecule has 0 saturated carbocycles. The molecule has 0 bridgehead atoms. The van der Waals surface area contributed by atoms with Crippen molar-refractivity contribution in [1.29, 1.82) is 0 Å². The quantitative estimate of drug-likeness (QED) is 0.558. The van der Waals surface area contributed by atoms with Gasteiger partial charge in [-0.1, -0.05) is 79.8 Å². The molecule has 1 aliphatic rings. The van der Waals surface area contributed by atoms with Gasteiger partial charge in [0.05, 0.1) is 28.5 Å². The summed E-state index contributed by atoms with van der Waals surface area (Å²) >= 11 is 1.34. The Balaban J connectivity index is 1.94. The highest BCUT2D eigenvalue weighted by molar-refractivity contribution is 7.07. The molecule has 1 atom stereocenters. The lowest BCUT2D eigenvalue weighted by molar-refractivity contribution is -0.139. The first-order chi connectivity index (χ1) is 15.4. The molecule has 4 rings (SSSR count). The Kier molecular flexibility index (Phi) is 6.24. The summed E-state index contributed by atoms with van der Waals surface area (Å²) in [5, 5.41) is 0. The summed E-state index contributed by atoms with van der Waals surface area (Å²) in [5.41, 5.74) is 3.82. The van der Waals surface area contributed by atoms with Crippen molar-refractivity contribution in [1.82, 2.24) is 4.57 Å². The molecule has 2 aromatic carbocycles. The average molecular weight is 447 g/mol. The van der Waals surface area contributed by atoms with E-state index in [2.05, 4.69) is 31.0 Å². The summed E-state index contributed by atoms with van der Waals surface area (Å²) in [6.45, 7) is 8.10. The van der Waals surface area contributed by atoms with Crippen molar-refractivity contribution in [3.8, 4) is 0 Å². The molecule has 3 aromatic rings. The Bertz CT molecular complexity index is 1350. The van der Waals surface area contributed by atoms with Crippen molar-refractivity contribution >= 4 is 23.4 Å². The molecule has 6 heteroatoms. The first-order valence-electron chi connectivity index (χ1n) is 10.7. The molecule has 0 N–H and O–H groups in total. The maximum atomic E-state index is 13.5. The molecule has 1 aliphatic heterocycles. The lowest BCUT2D eigenvalue weighted by Crippen LogP contribution is -2.39. The van der Waals surface area contributed by atoms with E-state index in [0.717, 1.165) is 11.1 Å². The van der Waals surface area contributed by atoms with E-state index < -0.39 is 12.0 Å². The molecule has 0 amide bonds. The van der Waals surface area contributed by atoms with E-state index in [4.69, 9.17) is 4.74 Å². The van der Waals surface area contributed by atoms with Crippen LogP contribution in [0.25, 0.3) is 6.08 Å². The number of hydrogen-bond acceptors (Lipinski definition) is 5. The molecule has 1 unspecified atom stereocenters. The topological polar surface area (TPSA) is 60.7 Å². The summed E-state index contributed by atoms with van der Waals surface area (Å²) in [6, 6.07) is 17.2. The monoisotopic (exact) mass is 446 g/mol. The van der Waals surface area contributed by atoms with Gasteiger partial charge in [0.25, 0.3) is 5.56 Å². The first-order valence-corrected chi connectivity index (χ1v) is 11.6. The van der Waals surface area contributed by atoms with E-state index >= 15 is 0 Å². The first kappa shape index (κ1) is 22.0. The highest BCUT2D eigenvalue weighted by Crippen LogP contribution is 2.31. The number of ether oxygens (including phenoxy) is 1. The highest BCUT2D eigenvalue weighted by Gasteiger charge is 2.33. The number of rotatable bonds is 5. The molecule has 0 radical (unpaired) electrons. The number of fused-ring (bicyclic) bond motifs is 1. The number of thiazole rings is 1. The third kappa shape index (κ3) is 4.10. The van der Waals surface area contributed by atoms with Crippen LogP contribution in [0.2, 0.25) is 0 Å². The number of nitrogens with zero attached hydrogens (tertiary/aromatic N) is 2. The molecular weight excluding hydrogens is 420 g/mol. The second-order valence-corrected chi connectivity index (χ2v) is 9.04. The standard InChI is InChI=1S/C26H26N2O3S/c1-5-31-25(30)22-17(4)27-26-28(23(22)20-13-11-19(12-14-20)16(2)3)24(29)21(32-26)15-18-9-7-6-8-10-18/h6-16,23H,5H2,1-4H3/b21-15-. The van der Waals surface area contributed by atoms with Gasteiger partial charge in [-0.25, -0.2) is 9.79 Å². The fourth-order valence-electron chi connectivity index (χ4n) is 3.87. The molecule has 5 nitrogen and oxygen atoms in total. The minimum atomic E-state index is -0.579. The van der Waals surface area contributed by atoms with Crippen LogP contribution in [0.15, 0.2) is 75.7 Å². The van der Waals surface area contributed by atoms with E-state index in [1.807, 2.05) is 48.5 Å². The van der Waals surface area contributed by atoms with E-state index in [-0.39, 0.29) is 12.2 Å². The number of carbonyl (C=O) groups is 1. The second kappa shape index (κ2) is 9.09. The summed E-state index contributed by atoms with van der Waals surface area (Å²) in [4.78, 5) is 31.6. The number of aromatic nitrogens is 1. The smallest absolute Gasteiger partial charge is 0.338 e. The summed E-state index contributed by atoms with van der Waals surface area (Å²) < 4.78 is 7.55. The normalized spacial score (nSPS) is 16.2. The van der Waals surface area contributed by atoms with Crippen LogP contribution in [0.1, 0.15) is 56.3 Å². The van der Waals surface area contributed by atoms with Gasteiger partial charge in [0.15, 0.2) is 4.80 Å². The predicted molar refractivity (Wildman–Crippen MR) is 127 cm³/mol. The zero-order valence-corrected chi connectivity index (χ0v) is 19.5. The minimum Gasteiger partial charge on any atom is -0.463 e. The van der Waals surface area contributed by atoms with E-state index in [1.54, 1.807) is 18.4 Å². The molecule has 0 fully saturated rings. The van der Waals surface area contributed by atoms with Gasteiger partial charge in [-0.05, 0) is 42.5 Å². The van der Waals surface area contributed by atoms with Crippen LogP contribution in [0, 0.1) is 0 Å². The zero-order valence-electron chi connectivity index (χ0n) is 18.7. The average Bonchev–Trinajstić information content (AvgIpc) is 3.08. The molecule has 0 saturated heterocycles. The minimum absolute atomic E-state index is 0.162. The van der Waals surface area contributed by atoms with Crippen LogP contribution in [0.4, 0.5) is 0 Å². The van der Waals surface area contributed by atoms with Gasteiger partial charge in [-0.2, -0.15) is 0 Å². The fourth-order valence-corrected chi connectivity index (χ4v) is 4.92. The van der Waals surface area contributed by atoms with Gasteiger partial charge in [-0.15, -0.1) is 0 Å². The van der Waals surface area contributed by atoms with Gasteiger partial charge in [-0.3, -0.25) is 9.36 Å². The van der Waals surface area contributed by atoms with Gasteiger partial charge in [0, 0.05) is 0 Å². The highest BCUT2D eigenvalue weighted by atomic mass is 32.1. The van der Waals surface area contributed by atoms with Crippen molar-refractivity contribution in [3.05, 3.63) is 102 Å². The summed E-state index contributed by atoms with van der Waals surface area (Å²) in [7, 11) is 0. The molecule has 32 heavy (non-hydrogen) atoms. The van der Waals surface area contributed by atoms with Crippen LogP contribution >= 0.6 is 11.3 Å². The lowest BCUT2D eigenvalue weighted by atomic mass is 9.93. The van der Waals surface area contributed by atoms with E-state index in [9.17, 15) is 9.59 Å². The molecule has 164 valence electrons. The number of carbonyl (C=O) groups excluding carboxylic acids is 1. The number of esters is 1. The molecule has 0 spiro atoms. The van der Waals surface area contributed by atoms with Crippen molar-refractivity contribution in [2.24, 2.45) is 4.99 Å². The summed E-state index contributed by atoms with van der Waals surface area (Å²) in [5.74, 6) is -0.0530. The van der Waals surface area contributed by atoms with Crippen LogP contribution in [-0.2, 0) is 9.53 Å². The van der Waals surface area contributed by atoms with Gasteiger partial charge < -0.3 is 4.74 Å². The number of hydrogen-bond donors (Lipinski definition) is 0. The number of benzene rings is 2. The lowest BCUT2D eigenvalue weighted by Gasteiger charge is -2.25. The van der Waals surface area contributed by atoms with Crippen molar-refractivity contribution in [2.45, 2.75) is 39.7 Å². The van der Waals surface area contributed by atoms with Gasteiger partial charge in [0.1, 0.15) is 0 Å². The number of allylic oxidation sites excluding steroid dienone is 1. The SMILES string of the molecule is CCOC(=O)C1=C(C)N=c2s/c(=C\c3ccccc3)c(=O)n2C1c1ccc(C(C)C)cc1. The van der Waals surface area contributed by atoms with Gasteiger partial charge in [0.2, 0.25) is 0 Å². The van der Waals surface area contributed by atoms with Crippen molar-refractivity contribution < 1.29 is 9.53 Å². The largest absolute Gasteiger partial charge is 0.463 e. The molecular formula is C26H26N2O3S. The third-order valence-electron chi connectivity index (χ3n) is 5.53. The third-order valence-corrected chi connectivity index (χ3v) is 6.52. The maximum Gasteiger partial charge on any atom is 0.338 e. The molecule has 1 aromatic heterocycles. The second-order valence-electron chi connectivity index (χ2n) is 8.03. The Hall–Kier alpha value is -3.25.